The number of rotatable bonds is 5. The number of carbonyl (C=O) groups excluding carboxylic acids is 1. The van der Waals surface area contributed by atoms with Gasteiger partial charge in [-0.05, 0) is 19.1 Å². The second-order valence-corrected chi connectivity index (χ2v) is 4.34. The molecule has 0 saturated carbocycles. The number of hydrogen-bond acceptors (Lipinski definition) is 7. The Kier molecular flexibility index (Phi) is 4.55. The van der Waals surface area contributed by atoms with Gasteiger partial charge in [0.1, 0.15) is 17.0 Å². The van der Waals surface area contributed by atoms with E-state index in [2.05, 4.69) is 5.16 Å². The molecule has 118 valence electrons. The van der Waals surface area contributed by atoms with Crippen LogP contribution in [0.2, 0.25) is 0 Å². The third kappa shape index (κ3) is 2.45. The minimum atomic E-state index is -0.536. The van der Waals surface area contributed by atoms with Gasteiger partial charge in [0, 0.05) is 0 Å². The summed E-state index contributed by atoms with van der Waals surface area (Å²) in [5.41, 5.74) is 1.10. The molecule has 0 aliphatic heterocycles. The normalized spacial score (nSPS) is 10.2. The van der Waals surface area contributed by atoms with Crippen molar-refractivity contribution in [1.29, 1.82) is 0 Å². The summed E-state index contributed by atoms with van der Waals surface area (Å²) in [6.45, 7) is 1.63. The number of ether oxygens (including phenoxy) is 4. The van der Waals surface area contributed by atoms with E-state index in [1.165, 1.54) is 28.4 Å². The van der Waals surface area contributed by atoms with Crippen LogP contribution in [0.1, 0.15) is 16.1 Å². The highest BCUT2D eigenvalue weighted by atomic mass is 16.5. The molecular weight excluding hydrogens is 290 g/mol. The number of aryl methyl sites for hydroxylation is 1. The Morgan fingerprint density at radius 1 is 1.05 bits per heavy atom. The van der Waals surface area contributed by atoms with Crippen molar-refractivity contribution in [3.8, 4) is 28.5 Å². The minimum Gasteiger partial charge on any atom is -0.493 e. The standard InChI is InChI=1S/C15H17NO6/c1-8-11(15(17)21-5)12(16-22-8)9-6-7-10(18-2)14(20-4)13(9)19-3/h6-7H,1-5H3. The lowest BCUT2D eigenvalue weighted by atomic mass is 10.0. The van der Waals surface area contributed by atoms with Crippen LogP contribution < -0.4 is 14.2 Å². The van der Waals surface area contributed by atoms with Gasteiger partial charge in [0.05, 0.1) is 34.0 Å². The number of esters is 1. The predicted molar refractivity (Wildman–Crippen MR) is 77.7 cm³/mol. The maximum atomic E-state index is 11.9. The number of nitrogens with zero attached hydrogens (tertiary/aromatic N) is 1. The summed E-state index contributed by atoms with van der Waals surface area (Å²) in [6.07, 6.45) is 0. The van der Waals surface area contributed by atoms with Gasteiger partial charge in [-0.2, -0.15) is 0 Å². The topological polar surface area (TPSA) is 80.0 Å². The van der Waals surface area contributed by atoms with E-state index < -0.39 is 5.97 Å². The first-order chi connectivity index (χ1) is 10.6. The third-order valence-electron chi connectivity index (χ3n) is 3.21. The van der Waals surface area contributed by atoms with Gasteiger partial charge in [-0.15, -0.1) is 0 Å². The number of methoxy groups -OCH3 is 4. The summed E-state index contributed by atoms with van der Waals surface area (Å²) in [6, 6.07) is 3.41. The SMILES string of the molecule is COC(=O)c1c(-c2ccc(OC)c(OC)c2OC)noc1C. The van der Waals surface area contributed by atoms with E-state index in [1.807, 2.05) is 0 Å². The minimum absolute atomic E-state index is 0.244. The van der Waals surface area contributed by atoms with Crippen molar-refractivity contribution >= 4 is 5.97 Å². The summed E-state index contributed by atoms with van der Waals surface area (Å²) in [7, 11) is 5.81. The lowest BCUT2D eigenvalue weighted by Crippen LogP contribution is -2.04. The molecule has 0 bridgehead atoms. The second-order valence-electron chi connectivity index (χ2n) is 4.34. The van der Waals surface area contributed by atoms with Crippen molar-refractivity contribution in [3.63, 3.8) is 0 Å². The van der Waals surface area contributed by atoms with Crippen LogP contribution in [0.4, 0.5) is 0 Å². The molecule has 0 fully saturated rings. The van der Waals surface area contributed by atoms with Crippen LogP contribution >= 0.6 is 0 Å². The zero-order chi connectivity index (χ0) is 16.3. The van der Waals surface area contributed by atoms with Crippen LogP contribution in [0.15, 0.2) is 16.7 Å². The highest BCUT2D eigenvalue weighted by Crippen LogP contribution is 2.45. The smallest absolute Gasteiger partial charge is 0.343 e. The Bertz CT molecular complexity index is 692. The summed E-state index contributed by atoms with van der Waals surface area (Å²) in [4.78, 5) is 11.9. The van der Waals surface area contributed by atoms with E-state index in [-0.39, 0.29) is 5.56 Å². The molecule has 0 atom stereocenters. The van der Waals surface area contributed by atoms with Crippen LogP contribution in [-0.2, 0) is 4.74 Å². The molecule has 2 aromatic rings. The maximum Gasteiger partial charge on any atom is 0.343 e. The van der Waals surface area contributed by atoms with E-state index in [0.717, 1.165) is 0 Å². The van der Waals surface area contributed by atoms with Crippen molar-refractivity contribution in [2.45, 2.75) is 6.92 Å². The number of benzene rings is 1. The molecule has 22 heavy (non-hydrogen) atoms. The average Bonchev–Trinajstić information content (AvgIpc) is 2.93. The highest BCUT2D eigenvalue weighted by Gasteiger charge is 2.27. The maximum absolute atomic E-state index is 11.9. The average molecular weight is 307 g/mol. The molecule has 0 aliphatic carbocycles. The lowest BCUT2D eigenvalue weighted by molar-refractivity contribution is 0.0599. The number of hydrogen-bond donors (Lipinski definition) is 0. The first-order valence-electron chi connectivity index (χ1n) is 6.42. The van der Waals surface area contributed by atoms with Gasteiger partial charge in [0.25, 0.3) is 0 Å². The Balaban J connectivity index is 2.71. The van der Waals surface area contributed by atoms with Crippen LogP contribution in [0.5, 0.6) is 17.2 Å². The number of carbonyl (C=O) groups is 1. The molecule has 1 aromatic carbocycles. The van der Waals surface area contributed by atoms with E-state index in [4.69, 9.17) is 23.5 Å². The molecule has 7 nitrogen and oxygen atoms in total. The number of aromatic nitrogens is 1. The van der Waals surface area contributed by atoms with Crippen molar-refractivity contribution in [2.24, 2.45) is 0 Å². The van der Waals surface area contributed by atoms with Crippen LogP contribution in [0.3, 0.4) is 0 Å². The lowest BCUT2D eigenvalue weighted by Gasteiger charge is -2.14. The molecule has 1 heterocycles. The molecule has 0 unspecified atom stereocenters. The monoisotopic (exact) mass is 307 g/mol. The molecule has 0 spiro atoms. The molecule has 7 heteroatoms. The second kappa shape index (κ2) is 6.38. The fraction of sp³-hybridized carbons (Fsp3) is 0.333. The van der Waals surface area contributed by atoms with Gasteiger partial charge in [-0.3, -0.25) is 0 Å². The Morgan fingerprint density at radius 2 is 1.73 bits per heavy atom. The fourth-order valence-corrected chi connectivity index (χ4v) is 2.19. The third-order valence-corrected chi connectivity index (χ3v) is 3.21. The first-order valence-corrected chi connectivity index (χ1v) is 6.42. The van der Waals surface area contributed by atoms with Gasteiger partial charge in [-0.1, -0.05) is 5.16 Å². The van der Waals surface area contributed by atoms with Crippen LogP contribution in [0, 0.1) is 6.92 Å². The summed E-state index contributed by atoms with van der Waals surface area (Å²) in [5, 5.41) is 3.94. The summed E-state index contributed by atoms with van der Waals surface area (Å²) >= 11 is 0. The van der Waals surface area contributed by atoms with E-state index in [9.17, 15) is 4.79 Å². The van der Waals surface area contributed by atoms with E-state index in [1.54, 1.807) is 19.1 Å². The van der Waals surface area contributed by atoms with Crippen LogP contribution in [-0.4, -0.2) is 39.6 Å². The van der Waals surface area contributed by atoms with Crippen molar-refractivity contribution in [1.82, 2.24) is 5.16 Å². The fourth-order valence-electron chi connectivity index (χ4n) is 2.19. The Morgan fingerprint density at radius 3 is 2.27 bits per heavy atom. The zero-order valence-electron chi connectivity index (χ0n) is 13.1. The van der Waals surface area contributed by atoms with Gasteiger partial charge >= 0.3 is 5.97 Å². The molecule has 0 amide bonds. The first kappa shape index (κ1) is 15.7. The zero-order valence-corrected chi connectivity index (χ0v) is 13.1. The van der Waals surface area contributed by atoms with Gasteiger partial charge in [0.15, 0.2) is 11.5 Å². The van der Waals surface area contributed by atoms with Crippen molar-refractivity contribution in [2.75, 3.05) is 28.4 Å². The highest BCUT2D eigenvalue weighted by molar-refractivity contribution is 5.98. The van der Waals surface area contributed by atoms with Crippen molar-refractivity contribution in [3.05, 3.63) is 23.5 Å². The molecule has 0 N–H and O–H groups in total. The van der Waals surface area contributed by atoms with E-state index in [0.29, 0.717) is 34.3 Å². The largest absolute Gasteiger partial charge is 0.493 e. The van der Waals surface area contributed by atoms with Gasteiger partial charge in [-0.25, -0.2) is 4.79 Å². The molecular formula is C15H17NO6. The quantitative estimate of drug-likeness (QED) is 0.785. The summed E-state index contributed by atoms with van der Waals surface area (Å²) in [5.74, 6) is 1.12. The molecule has 2 rings (SSSR count). The van der Waals surface area contributed by atoms with Crippen molar-refractivity contribution < 1.29 is 28.3 Å². The molecule has 0 saturated heterocycles. The molecule has 1 aromatic heterocycles. The Hall–Kier alpha value is -2.70. The van der Waals surface area contributed by atoms with Crippen LogP contribution in [0.25, 0.3) is 11.3 Å². The summed E-state index contributed by atoms with van der Waals surface area (Å²) < 4.78 is 25.9. The van der Waals surface area contributed by atoms with Gasteiger partial charge in [0.2, 0.25) is 5.75 Å². The predicted octanol–water partition coefficient (Wildman–Crippen LogP) is 2.46. The van der Waals surface area contributed by atoms with Gasteiger partial charge < -0.3 is 23.5 Å². The van der Waals surface area contributed by atoms with E-state index >= 15 is 0 Å². The Labute approximate surface area is 127 Å². The molecule has 0 radical (unpaired) electrons. The molecule has 0 aliphatic rings.